The quantitative estimate of drug-likeness (QED) is 0.388. The van der Waals surface area contributed by atoms with Crippen molar-refractivity contribution in [2.75, 3.05) is 21.3 Å². The Labute approximate surface area is 175 Å². The monoisotopic (exact) mass is 398 g/mol. The summed E-state index contributed by atoms with van der Waals surface area (Å²) in [5, 5.41) is 0. The summed E-state index contributed by atoms with van der Waals surface area (Å²) in [4.78, 5) is 13.2. The molecule has 29 heavy (non-hydrogen) atoms. The van der Waals surface area contributed by atoms with Crippen LogP contribution in [0, 0.1) is 11.8 Å². The molecule has 0 aliphatic heterocycles. The molecule has 0 saturated heterocycles. The number of benzene rings is 1. The zero-order valence-corrected chi connectivity index (χ0v) is 18.2. The van der Waals surface area contributed by atoms with Gasteiger partial charge in [0.05, 0.1) is 21.3 Å². The van der Waals surface area contributed by atoms with Gasteiger partial charge < -0.3 is 14.2 Å². The van der Waals surface area contributed by atoms with Gasteiger partial charge in [-0.3, -0.25) is 4.79 Å². The highest BCUT2D eigenvalue weighted by molar-refractivity contribution is 5.99. The van der Waals surface area contributed by atoms with E-state index < -0.39 is 0 Å². The van der Waals surface area contributed by atoms with Gasteiger partial charge in [0, 0.05) is 11.5 Å². The first-order valence-corrected chi connectivity index (χ1v) is 10.4. The van der Waals surface area contributed by atoms with Gasteiger partial charge >= 0.3 is 0 Å². The number of carbonyl (C=O) groups excluding carboxylic acids is 1. The number of methoxy groups -OCH3 is 3. The summed E-state index contributed by atoms with van der Waals surface area (Å²) in [5.41, 5.74) is 1.93. The van der Waals surface area contributed by atoms with Crippen molar-refractivity contribution >= 4 is 5.78 Å². The Morgan fingerprint density at radius 3 is 1.97 bits per heavy atom. The summed E-state index contributed by atoms with van der Waals surface area (Å²) in [6.45, 7) is 6.01. The third-order valence-corrected chi connectivity index (χ3v) is 5.72. The number of carbonyl (C=O) groups is 1. The number of ether oxygens (including phenoxy) is 3. The van der Waals surface area contributed by atoms with Crippen LogP contribution in [0.2, 0.25) is 0 Å². The van der Waals surface area contributed by atoms with Crippen LogP contribution in [0.3, 0.4) is 0 Å². The van der Waals surface area contributed by atoms with Crippen LogP contribution in [-0.2, 0) is 0 Å². The van der Waals surface area contributed by atoms with E-state index in [2.05, 4.69) is 18.7 Å². The van der Waals surface area contributed by atoms with E-state index in [1.165, 1.54) is 5.57 Å². The molecule has 1 saturated carbocycles. The largest absolute Gasteiger partial charge is 0.493 e. The molecule has 4 nitrogen and oxygen atoms in total. The summed E-state index contributed by atoms with van der Waals surface area (Å²) in [6.07, 6.45) is 14.3. The predicted octanol–water partition coefficient (Wildman–Crippen LogP) is 6.17. The van der Waals surface area contributed by atoms with Crippen molar-refractivity contribution < 1.29 is 19.0 Å². The molecule has 0 heterocycles. The van der Waals surface area contributed by atoms with Crippen molar-refractivity contribution in [3.05, 3.63) is 54.2 Å². The first kappa shape index (κ1) is 22.8. The Kier molecular flexibility index (Phi) is 9.04. The molecule has 158 valence electrons. The van der Waals surface area contributed by atoms with E-state index in [-0.39, 0.29) is 11.7 Å². The third-order valence-electron chi connectivity index (χ3n) is 5.72. The Morgan fingerprint density at radius 1 is 0.966 bits per heavy atom. The maximum absolute atomic E-state index is 13.2. The second-order valence-electron chi connectivity index (χ2n) is 7.43. The summed E-state index contributed by atoms with van der Waals surface area (Å²) in [6, 6.07) is 3.53. The Balaban J connectivity index is 2.13. The van der Waals surface area contributed by atoms with Crippen molar-refractivity contribution in [3.8, 4) is 17.2 Å². The maximum Gasteiger partial charge on any atom is 0.203 e. The van der Waals surface area contributed by atoms with E-state index >= 15 is 0 Å². The molecule has 0 unspecified atom stereocenters. The van der Waals surface area contributed by atoms with Gasteiger partial charge in [0.1, 0.15) is 0 Å². The topological polar surface area (TPSA) is 44.8 Å². The third kappa shape index (κ3) is 5.75. The fourth-order valence-corrected chi connectivity index (χ4v) is 4.14. The molecule has 0 aromatic heterocycles. The minimum atomic E-state index is 0.0328. The lowest BCUT2D eigenvalue weighted by Gasteiger charge is -2.25. The van der Waals surface area contributed by atoms with Gasteiger partial charge in [-0.25, -0.2) is 0 Å². The number of rotatable bonds is 8. The second kappa shape index (κ2) is 11.5. The van der Waals surface area contributed by atoms with E-state index in [1.807, 2.05) is 19.1 Å². The lowest BCUT2D eigenvalue weighted by Crippen LogP contribution is -2.19. The summed E-state index contributed by atoms with van der Waals surface area (Å²) < 4.78 is 16.2. The van der Waals surface area contributed by atoms with E-state index in [1.54, 1.807) is 33.5 Å². The molecule has 4 heteroatoms. The molecule has 1 fully saturated rings. The number of Topliss-reactive ketones (excluding diaryl/α,β-unsaturated/α-hetero) is 1. The van der Waals surface area contributed by atoms with Crippen LogP contribution in [-0.4, -0.2) is 27.1 Å². The number of hydrogen-bond donors (Lipinski definition) is 0. The number of allylic oxidation sites excluding steroid dienone is 5. The minimum absolute atomic E-state index is 0.0328. The fourth-order valence-electron chi connectivity index (χ4n) is 4.14. The Bertz CT molecular complexity index is 725. The standard InChI is InChI=1S/C25H34O4/c1-6-8-11-18(7-2)19-12-9-14-20(15-10-13-19)24(26)21-16-22(27-3)25(29-5)23(17-21)28-4/h6-8,11,16-17,19-20H,2,9-10,12-15H2,1,3-5H3/b8-6-,18-11+. The minimum Gasteiger partial charge on any atom is -0.493 e. The summed E-state index contributed by atoms with van der Waals surface area (Å²) in [5.74, 6) is 2.27. The molecule has 0 N–H and O–H groups in total. The van der Waals surface area contributed by atoms with Gasteiger partial charge in [-0.2, -0.15) is 0 Å². The zero-order chi connectivity index (χ0) is 21.2. The van der Waals surface area contributed by atoms with E-state index in [9.17, 15) is 4.79 Å². The highest BCUT2D eigenvalue weighted by Gasteiger charge is 2.26. The van der Waals surface area contributed by atoms with Gasteiger partial charge in [0.15, 0.2) is 17.3 Å². The molecule has 0 atom stereocenters. The lowest BCUT2D eigenvalue weighted by atomic mass is 9.79. The number of ketones is 1. The lowest BCUT2D eigenvalue weighted by molar-refractivity contribution is 0.0894. The molecular formula is C25H34O4. The smallest absolute Gasteiger partial charge is 0.203 e. The summed E-state index contributed by atoms with van der Waals surface area (Å²) >= 11 is 0. The molecule has 0 spiro atoms. The fraction of sp³-hybridized carbons (Fsp3) is 0.480. The van der Waals surface area contributed by atoms with Gasteiger partial charge in [0.25, 0.3) is 0 Å². The zero-order valence-electron chi connectivity index (χ0n) is 18.2. The van der Waals surface area contributed by atoms with Crippen LogP contribution in [0.4, 0.5) is 0 Å². The molecule has 1 aromatic carbocycles. The Morgan fingerprint density at radius 2 is 1.52 bits per heavy atom. The van der Waals surface area contributed by atoms with Crippen LogP contribution in [0.5, 0.6) is 17.2 Å². The van der Waals surface area contributed by atoms with Crippen molar-refractivity contribution in [2.24, 2.45) is 11.8 Å². The Hall–Kier alpha value is -2.49. The van der Waals surface area contributed by atoms with E-state index in [4.69, 9.17) is 14.2 Å². The van der Waals surface area contributed by atoms with Gasteiger partial charge in [-0.15, -0.1) is 0 Å². The van der Waals surface area contributed by atoms with Crippen molar-refractivity contribution in [3.63, 3.8) is 0 Å². The predicted molar refractivity (Wildman–Crippen MR) is 118 cm³/mol. The second-order valence-corrected chi connectivity index (χ2v) is 7.43. The van der Waals surface area contributed by atoms with Crippen molar-refractivity contribution in [1.29, 1.82) is 0 Å². The van der Waals surface area contributed by atoms with E-state index in [0.29, 0.717) is 28.7 Å². The molecule has 1 aliphatic carbocycles. The van der Waals surface area contributed by atoms with Crippen LogP contribution in [0.25, 0.3) is 0 Å². The average Bonchev–Trinajstić information content (AvgIpc) is 2.73. The first-order valence-electron chi connectivity index (χ1n) is 10.4. The summed E-state index contributed by atoms with van der Waals surface area (Å²) in [7, 11) is 4.70. The highest BCUT2D eigenvalue weighted by atomic mass is 16.5. The SMILES string of the molecule is C=C/C(=C\C=C/C)C1CCCC(C(=O)c2cc(OC)c(OC)c(OC)c2)CCC1. The van der Waals surface area contributed by atoms with Gasteiger partial charge in [-0.1, -0.05) is 43.7 Å². The van der Waals surface area contributed by atoms with E-state index in [0.717, 1.165) is 38.5 Å². The van der Waals surface area contributed by atoms with Gasteiger partial charge in [-0.05, 0) is 56.2 Å². The van der Waals surface area contributed by atoms with Crippen LogP contribution < -0.4 is 14.2 Å². The molecular weight excluding hydrogens is 364 g/mol. The maximum atomic E-state index is 13.2. The number of hydrogen-bond acceptors (Lipinski definition) is 4. The molecule has 1 aliphatic rings. The van der Waals surface area contributed by atoms with Crippen molar-refractivity contribution in [2.45, 2.75) is 45.4 Å². The molecule has 0 radical (unpaired) electrons. The average molecular weight is 399 g/mol. The molecule has 0 amide bonds. The van der Waals surface area contributed by atoms with Crippen LogP contribution >= 0.6 is 0 Å². The van der Waals surface area contributed by atoms with Crippen LogP contribution in [0.15, 0.2) is 48.6 Å². The normalized spacial score (nSPS) is 20.6. The van der Waals surface area contributed by atoms with Crippen LogP contribution in [0.1, 0.15) is 55.8 Å². The molecule has 0 bridgehead atoms. The molecule has 2 rings (SSSR count). The first-order chi connectivity index (χ1) is 14.1. The van der Waals surface area contributed by atoms with Gasteiger partial charge in [0.2, 0.25) is 5.75 Å². The highest BCUT2D eigenvalue weighted by Crippen LogP contribution is 2.40. The van der Waals surface area contributed by atoms with Crippen molar-refractivity contribution in [1.82, 2.24) is 0 Å². The molecule has 1 aromatic rings.